The molecule has 2 rings (SSSR count). The fourth-order valence-electron chi connectivity index (χ4n) is 2.12. The molecule has 0 aliphatic carbocycles. The highest BCUT2D eigenvalue weighted by molar-refractivity contribution is 8.00. The van der Waals surface area contributed by atoms with Gasteiger partial charge in [0.25, 0.3) is 0 Å². The van der Waals surface area contributed by atoms with Gasteiger partial charge in [0.15, 0.2) is 5.78 Å². The highest BCUT2D eigenvalue weighted by Crippen LogP contribution is 2.22. The largest absolute Gasteiger partial charge is 0.345 e. The lowest BCUT2D eigenvalue weighted by Gasteiger charge is -2.16. The van der Waals surface area contributed by atoms with Gasteiger partial charge in [-0.25, -0.2) is 8.78 Å². The summed E-state index contributed by atoms with van der Waals surface area (Å²) >= 11 is 0.959. The van der Waals surface area contributed by atoms with E-state index in [0.29, 0.717) is 6.42 Å². The lowest BCUT2D eigenvalue weighted by molar-refractivity contribution is -0.125. The fraction of sp³-hybridized carbons (Fsp3) is 0.222. The first kappa shape index (κ1) is 18.1. The third-order valence-corrected chi connectivity index (χ3v) is 4.41. The van der Waals surface area contributed by atoms with Gasteiger partial charge >= 0.3 is 0 Å². The van der Waals surface area contributed by atoms with Crippen LogP contribution in [0.4, 0.5) is 8.78 Å². The predicted molar refractivity (Wildman–Crippen MR) is 89.8 cm³/mol. The van der Waals surface area contributed by atoms with Gasteiger partial charge in [-0.3, -0.25) is 9.59 Å². The number of carbonyl (C=O) groups excluding carboxylic acids is 2. The van der Waals surface area contributed by atoms with Crippen LogP contribution in [0.15, 0.2) is 53.4 Å². The molecule has 0 saturated heterocycles. The second kappa shape index (κ2) is 8.59. The van der Waals surface area contributed by atoms with Gasteiger partial charge in [0.1, 0.15) is 11.6 Å². The van der Waals surface area contributed by atoms with Crippen LogP contribution in [0.25, 0.3) is 0 Å². The molecule has 0 fully saturated rings. The third kappa shape index (κ3) is 5.45. The Morgan fingerprint density at radius 2 is 1.83 bits per heavy atom. The van der Waals surface area contributed by atoms with Crippen molar-refractivity contribution in [1.29, 1.82) is 0 Å². The normalized spacial score (nSPS) is 11.8. The molecule has 1 amide bonds. The molecule has 0 radical (unpaired) electrons. The van der Waals surface area contributed by atoms with Crippen LogP contribution in [0.2, 0.25) is 0 Å². The van der Waals surface area contributed by atoms with Crippen molar-refractivity contribution < 1.29 is 18.4 Å². The van der Waals surface area contributed by atoms with Crippen molar-refractivity contribution in [3.63, 3.8) is 0 Å². The first-order valence-corrected chi connectivity index (χ1v) is 8.36. The number of nitrogens with one attached hydrogen (secondary N) is 1. The summed E-state index contributed by atoms with van der Waals surface area (Å²) in [6, 6.07) is 11.9. The van der Waals surface area contributed by atoms with Gasteiger partial charge in [-0.05, 0) is 31.0 Å². The van der Waals surface area contributed by atoms with E-state index in [2.05, 4.69) is 5.32 Å². The van der Waals surface area contributed by atoms with Crippen molar-refractivity contribution in [3.05, 3.63) is 65.7 Å². The minimum Gasteiger partial charge on any atom is -0.345 e. The molecule has 0 heterocycles. The topological polar surface area (TPSA) is 46.2 Å². The zero-order chi connectivity index (χ0) is 17.5. The summed E-state index contributed by atoms with van der Waals surface area (Å²) in [5, 5.41) is 2.66. The number of carbonyl (C=O) groups is 2. The summed E-state index contributed by atoms with van der Waals surface area (Å²) in [5.74, 6) is -1.95. The smallest absolute Gasteiger partial charge is 0.230 e. The van der Waals surface area contributed by atoms with Crippen LogP contribution in [0, 0.1) is 11.6 Å². The van der Waals surface area contributed by atoms with Crippen molar-refractivity contribution in [3.8, 4) is 0 Å². The molecule has 0 aromatic heterocycles. The zero-order valence-electron chi connectivity index (χ0n) is 13.1. The average molecular weight is 349 g/mol. The zero-order valence-corrected chi connectivity index (χ0v) is 13.9. The van der Waals surface area contributed by atoms with E-state index in [9.17, 15) is 18.4 Å². The SMILES string of the molecule is CC(=O)[C@@H](Cc1ccccc1)NC(=O)CSc1ccc(F)cc1F. The Morgan fingerprint density at radius 3 is 2.46 bits per heavy atom. The second-order valence-corrected chi connectivity index (χ2v) is 6.30. The van der Waals surface area contributed by atoms with Crippen LogP contribution in [0.1, 0.15) is 12.5 Å². The summed E-state index contributed by atoms with van der Waals surface area (Å²) in [4.78, 5) is 23.9. The van der Waals surface area contributed by atoms with E-state index in [1.807, 2.05) is 30.3 Å². The van der Waals surface area contributed by atoms with Gasteiger partial charge in [-0.1, -0.05) is 30.3 Å². The lowest BCUT2D eigenvalue weighted by atomic mass is 10.0. The third-order valence-electron chi connectivity index (χ3n) is 3.36. The predicted octanol–water partition coefficient (Wildman–Crippen LogP) is 3.37. The van der Waals surface area contributed by atoms with E-state index in [0.717, 1.165) is 29.5 Å². The van der Waals surface area contributed by atoms with E-state index in [1.54, 1.807) is 0 Å². The Kier molecular flexibility index (Phi) is 6.49. The van der Waals surface area contributed by atoms with Gasteiger partial charge in [0, 0.05) is 11.0 Å². The Bertz CT molecular complexity index is 722. The fourth-order valence-corrected chi connectivity index (χ4v) is 2.85. The number of hydrogen-bond acceptors (Lipinski definition) is 3. The number of rotatable bonds is 7. The first-order valence-electron chi connectivity index (χ1n) is 7.37. The van der Waals surface area contributed by atoms with Crippen LogP contribution in [0.5, 0.6) is 0 Å². The van der Waals surface area contributed by atoms with E-state index < -0.39 is 17.7 Å². The van der Waals surface area contributed by atoms with Crippen LogP contribution < -0.4 is 5.32 Å². The molecular weight excluding hydrogens is 332 g/mol. The van der Waals surface area contributed by atoms with Gasteiger partial charge < -0.3 is 5.32 Å². The Balaban J connectivity index is 1.92. The van der Waals surface area contributed by atoms with Gasteiger partial charge in [-0.2, -0.15) is 0 Å². The van der Waals surface area contributed by atoms with E-state index in [-0.39, 0.29) is 22.3 Å². The van der Waals surface area contributed by atoms with Crippen molar-refractivity contribution in [2.75, 3.05) is 5.75 Å². The van der Waals surface area contributed by atoms with E-state index in [4.69, 9.17) is 0 Å². The summed E-state index contributed by atoms with van der Waals surface area (Å²) in [6.45, 7) is 1.42. The monoisotopic (exact) mass is 349 g/mol. The maximum atomic E-state index is 13.5. The number of halogens is 2. The molecule has 0 bridgehead atoms. The lowest BCUT2D eigenvalue weighted by Crippen LogP contribution is -2.42. The summed E-state index contributed by atoms with van der Waals surface area (Å²) in [7, 11) is 0. The number of Topliss-reactive ketones (excluding diaryl/α,β-unsaturated/α-hetero) is 1. The molecule has 2 aromatic carbocycles. The Hall–Kier alpha value is -2.21. The van der Waals surface area contributed by atoms with Crippen molar-refractivity contribution >= 4 is 23.5 Å². The van der Waals surface area contributed by atoms with Crippen LogP contribution in [0.3, 0.4) is 0 Å². The second-order valence-electron chi connectivity index (χ2n) is 5.28. The molecule has 0 aliphatic rings. The number of amides is 1. The molecule has 1 N–H and O–H groups in total. The first-order chi connectivity index (χ1) is 11.5. The van der Waals surface area contributed by atoms with Crippen molar-refractivity contribution in [1.82, 2.24) is 5.32 Å². The highest BCUT2D eigenvalue weighted by atomic mass is 32.2. The van der Waals surface area contributed by atoms with Gasteiger partial charge in [0.05, 0.1) is 11.8 Å². The molecular formula is C18H17F2NO2S. The Morgan fingerprint density at radius 1 is 1.12 bits per heavy atom. The van der Waals surface area contributed by atoms with Crippen LogP contribution >= 0.6 is 11.8 Å². The van der Waals surface area contributed by atoms with Crippen molar-refractivity contribution in [2.45, 2.75) is 24.3 Å². The van der Waals surface area contributed by atoms with Gasteiger partial charge in [-0.15, -0.1) is 11.8 Å². The van der Waals surface area contributed by atoms with Crippen molar-refractivity contribution in [2.24, 2.45) is 0 Å². The number of thioether (sulfide) groups is 1. The van der Waals surface area contributed by atoms with Crippen LogP contribution in [-0.2, 0) is 16.0 Å². The molecule has 0 saturated carbocycles. The number of hydrogen-bond donors (Lipinski definition) is 1. The molecule has 6 heteroatoms. The van der Waals surface area contributed by atoms with E-state index >= 15 is 0 Å². The number of benzene rings is 2. The summed E-state index contributed by atoms with van der Waals surface area (Å²) in [5.41, 5.74) is 0.940. The highest BCUT2D eigenvalue weighted by Gasteiger charge is 2.18. The molecule has 0 aliphatic heterocycles. The summed E-state index contributed by atoms with van der Waals surface area (Å²) in [6.07, 6.45) is 0.400. The quantitative estimate of drug-likeness (QED) is 0.780. The maximum Gasteiger partial charge on any atom is 0.230 e. The Labute approximate surface area is 143 Å². The molecule has 0 unspecified atom stereocenters. The molecule has 0 spiro atoms. The maximum absolute atomic E-state index is 13.5. The molecule has 3 nitrogen and oxygen atoms in total. The standard InChI is InChI=1S/C18H17F2NO2S/c1-12(22)16(9-13-5-3-2-4-6-13)21-18(23)11-24-17-8-7-14(19)10-15(17)20/h2-8,10,16H,9,11H2,1H3,(H,21,23)/t16-/m1/s1. The average Bonchev–Trinajstić information content (AvgIpc) is 2.54. The number of ketones is 1. The minimum atomic E-state index is -0.708. The molecule has 2 aromatic rings. The minimum absolute atomic E-state index is 0.0544. The van der Waals surface area contributed by atoms with Crippen LogP contribution in [-0.4, -0.2) is 23.5 Å². The molecule has 1 atom stereocenters. The van der Waals surface area contributed by atoms with E-state index in [1.165, 1.54) is 13.0 Å². The molecule has 24 heavy (non-hydrogen) atoms. The van der Waals surface area contributed by atoms with Gasteiger partial charge in [0.2, 0.25) is 5.91 Å². The summed E-state index contributed by atoms with van der Waals surface area (Å²) < 4.78 is 26.4. The molecule has 126 valence electrons.